The zero-order valence-corrected chi connectivity index (χ0v) is 13.4. The maximum atomic E-state index is 4.25. The maximum Gasteiger partial charge on any atom is 0.190 e. The van der Waals surface area contributed by atoms with Gasteiger partial charge in [-0.25, -0.2) is 4.98 Å². The van der Waals surface area contributed by atoms with E-state index >= 15 is 0 Å². The molecule has 0 amide bonds. The van der Waals surface area contributed by atoms with Crippen LogP contribution in [0.1, 0.15) is 24.8 Å². The third-order valence-electron chi connectivity index (χ3n) is 3.36. The van der Waals surface area contributed by atoms with Crippen molar-refractivity contribution in [2.24, 2.45) is 4.99 Å². The predicted molar refractivity (Wildman–Crippen MR) is 88.9 cm³/mol. The lowest BCUT2D eigenvalue weighted by Crippen LogP contribution is -2.39. The van der Waals surface area contributed by atoms with Crippen molar-refractivity contribution < 1.29 is 0 Å². The van der Waals surface area contributed by atoms with E-state index in [2.05, 4.69) is 48.9 Å². The van der Waals surface area contributed by atoms with E-state index in [1.165, 1.54) is 5.56 Å². The van der Waals surface area contributed by atoms with Gasteiger partial charge in [-0.15, -0.1) is 0 Å². The van der Waals surface area contributed by atoms with Crippen molar-refractivity contribution in [3.05, 3.63) is 41.1 Å². The van der Waals surface area contributed by atoms with Crippen molar-refractivity contribution in [2.75, 3.05) is 20.1 Å². The molecule has 1 atom stereocenters. The normalized spacial score (nSPS) is 13.1. The lowest BCUT2D eigenvalue weighted by atomic mass is 10.1. The van der Waals surface area contributed by atoms with E-state index in [0.29, 0.717) is 5.92 Å². The Labute approximate surface area is 130 Å². The summed E-state index contributed by atoms with van der Waals surface area (Å²) >= 11 is 1.74. The number of nitrogens with one attached hydrogen (secondary N) is 2. The summed E-state index contributed by atoms with van der Waals surface area (Å²) in [6.45, 7) is 4.97. The molecule has 0 aliphatic heterocycles. The topological polar surface area (TPSA) is 54.2 Å². The van der Waals surface area contributed by atoms with E-state index in [4.69, 9.17) is 0 Å². The van der Waals surface area contributed by atoms with E-state index in [1.807, 2.05) is 12.5 Å². The highest BCUT2D eigenvalue weighted by molar-refractivity contribution is 7.07. The Kier molecular flexibility index (Phi) is 6.27. The molecule has 114 valence electrons. The molecule has 0 aliphatic rings. The summed E-state index contributed by atoms with van der Waals surface area (Å²) in [5, 5.41) is 11.0. The third kappa shape index (κ3) is 5.23. The first-order chi connectivity index (χ1) is 10.3. The number of guanidine groups is 1. The second kappa shape index (κ2) is 8.46. The number of imidazole rings is 1. The van der Waals surface area contributed by atoms with Crippen molar-refractivity contribution in [1.82, 2.24) is 20.2 Å². The minimum atomic E-state index is 0.487. The molecule has 0 saturated carbocycles. The van der Waals surface area contributed by atoms with Crippen LogP contribution < -0.4 is 10.6 Å². The van der Waals surface area contributed by atoms with Crippen molar-refractivity contribution in [1.29, 1.82) is 0 Å². The van der Waals surface area contributed by atoms with Crippen molar-refractivity contribution >= 4 is 17.3 Å². The van der Waals surface area contributed by atoms with Gasteiger partial charge in [0.2, 0.25) is 0 Å². The maximum absolute atomic E-state index is 4.25. The lowest BCUT2D eigenvalue weighted by molar-refractivity contribution is 0.620. The Morgan fingerprint density at radius 1 is 1.48 bits per heavy atom. The fraction of sp³-hybridized carbons (Fsp3) is 0.467. The largest absolute Gasteiger partial charge is 0.356 e. The van der Waals surface area contributed by atoms with Gasteiger partial charge in [0.25, 0.3) is 0 Å². The first-order valence-electron chi connectivity index (χ1n) is 7.22. The van der Waals surface area contributed by atoms with E-state index in [1.54, 1.807) is 24.6 Å². The summed E-state index contributed by atoms with van der Waals surface area (Å²) in [5.74, 6) is 1.35. The lowest BCUT2D eigenvalue weighted by Gasteiger charge is -2.15. The van der Waals surface area contributed by atoms with Crippen molar-refractivity contribution in [2.45, 2.75) is 25.8 Å². The zero-order chi connectivity index (χ0) is 14.9. The molecule has 5 nitrogen and oxygen atoms in total. The summed E-state index contributed by atoms with van der Waals surface area (Å²) in [4.78, 5) is 8.29. The van der Waals surface area contributed by atoms with Gasteiger partial charge in [-0.2, -0.15) is 11.3 Å². The molecule has 0 saturated heterocycles. The molecule has 0 aliphatic carbocycles. The molecular weight excluding hydrogens is 282 g/mol. The molecule has 2 N–H and O–H groups in total. The van der Waals surface area contributed by atoms with Crippen LogP contribution in [-0.2, 0) is 6.54 Å². The fourth-order valence-corrected chi connectivity index (χ4v) is 2.81. The number of aliphatic imine (C=N–C) groups is 1. The second-order valence-electron chi connectivity index (χ2n) is 4.99. The zero-order valence-electron chi connectivity index (χ0n) is 12.6. The highest BCUT2D eigenvalue weighted by Gasteiger charge is 2.06. The van der Waals surface area contributed by atoms with Crippen LogP contribution >= 0.6 is 11.3 Å². The number of thiophene rings is 1. The van der Waals surface area contributed by atoms with Gasteiger partial charge in [-0.1, -0.05) is 6.92 Å². The standard InChI is InChI=1S/C15H23N5S/c1-13(14-4-9-21-11-14)10-19-15(16-2)18-5-3-7-20-8-6-17-12-20/h4,6,8-9,11-13H,3,5,7,10H2,1-2H3,(H2,16,18,19). The van der Waals surface area contributed by atoms with Crippen LogP contribution in [0.4, 0.5) is 0 Å². The molecular formula is C15H23N5S. The quantitative estimate of drug-likeness (QED) is 0.469. The van der Waals surface area contributed by atoms with Gasteiger partial charge in [0.05, 0.1) is 6.33 Å². The molecule has 6 heteroatoms. The third-order valence-corrected chi connectivity index (χ3v) is 4.06. The number of aryl methyl sites for hydroxylation is 1. The SMILES string of the molecule is CN=C(NCCCn1ccnc1)NCC(C)c1ccsc1. The molecule has 21 heavy (non-hydrogen) atoms. The van der Waals surface area contributed by atoms with Crippen LogP contribution in [0.25, 0.3) is 0 Å². The Morgan fingerprint density at radius 2 is 2.38 bits per heavy atom. The minimum Gasteiger partial charge on any atom is -0.356 e. The van der Waals surface area contributed by atoms with Crippen LogP contribution in [-0.4, -0.2) is 35.6 Å². The van der Waals surface area contributed by atoms with Crippen LogP contribution in [0.3, 0.4) is 0 Å². The van der Waals surface area contributed by atoms with Gasteiger partial charge in [0, 0.05) is 39.1 Å². The first kappa shape index (κ1) is 15.6. The van der Waals surface area contributed by atoms with Crippen LogP contribution in [0.15, 0.2) is 40.5 Å². The van der Waals surface area contributed by atoms with Gasteiger partial charge < -0.3 is 15.2 Å². The van der Waals surface area contributed by atoms with E-state index < -0.39 is 0 Å². The van der Waals surface area contributed by atoms with E-state index in [0.717, 1.165) is 32.0 Å². The molecule has 1 unspecified atom stereocenters. The molecule has 0 spiro atoms. The van der Waals surface area contributed by atoms with Crippen LogP contribution in [0.2, 0.25) is 0 Å². The number of hydrogen-bond acceptors (Lipinski definition) is 3. The Morgan fingerprint density at radius 3 is 3.05 bits per heavy atom. The van der Waals surface area contributed by atoms with E-state index in [-0.39, 0.29) is 0 Å². The predicted octanol–water partition coefficient (Wildman–Crippen LogP) is 2.30. The van der Waals surface area contributed by atoms with Gasteiger partial charge in [-0.3, -0.25) is 4.99 Å². The van der Waals surface area contributed by atoms with Crippen molar-refractivity contribution in [3.8, 4) is 0 Å². The van der Waals surface area contributed by atoms with Crippen LogP contribution in [0.5, 0.6) is 0 Å². The van der Waals surface area contributed by atoms with Crippen molar-refractivity contribution in [3.63, 3.8) is 0 Å². The highest BCUT2D eigenvalue weighted by atomic mass is 32.1. The smallest absolute Gasteiger partial charge is 0.190 e. The molecule has 2 heterocycles. The molecule has 0 bridgehead atoms. The van der Waals surface area contributed by atoms with Crippen LogP contribution in [0, 0.1) is 0 Å². The molecule has 2 rings (SSSR count). The van der Waals surface area contributed by atoms with Gasteiger partial charge in [0.1, 0.15) is 0 Å². The number of rotatable bonds is 7. The highest BCUT2D eigenvalue weighted by Crippen LogP contribution is 2.16. The summed E-state index contributed by atoms with van der Waals surface area (Å²) < 4.78 is 2.08. The molecule has 2 aromatic heterocycles. The van der Waals surface area contributed by atoms with E-state index in [9.17, 15) is 0 Å². The van der Waals surface area contributed by atoms with Gasteiger partial charge in [0.15, 0.2) is 5.96 Å². The Balaban J connectivity index is 1.64. The molecule has 2 aromatic rings. The second-order valence-corrected chi connectivity index (χ2v) is 5.77. The number of hydrogen-bond donors (Lipinski definition) is 2. The monoisotopic (exact) mass is 305 g/mol. The molecule has 0 aromatic carbocycles. The first-order valence-corrected chi connectivity index (χ1v) is 8.16. The summed E-state index contributed by atoms with van der Waals surface area (Å²) in [6.07, 6.45) is 6.67. The summed E-state index contributed by atoms with van der Waals surface area (Å²) in [6, 6.07) is 2.18. The fourth-order valence-electron chi connectivity index (χ4n) is 2.03. The van der Waals surface area contributed by atoms with Gasteiger partial charge >= 0.3 is 0 Å². The average Bonchev–Trinajstić information content (AvgIpc) is 3.19. The minimum absolute atomic E-state index is 0.487. The Bertz CT molecular complexity index is 518. The number of nitrogens with zero attached hydrogens (tertiary/aromatic N) is 3. The summed E-state index contributed by atoms with van der Waals surface area (Å²) in [5.41, 5.74) is 1.38. The Hall–Kier alpha value is -1.82. The number of aromatic nitrogens is 2. The molecule has 0 fully saturated rings. The molecule has 0 radical (unpaired) electrons. The van der Waals surface area contributed by atoms with Gasteiger partial charge in [-0.05, 0) is 34.7 Å². The average molecular weight is 305 g/mol. The summed E-state index contributed by atoms with van der Waals surface area (Å²) in [7, 11) is 1.81.